The lowest BCUT2D eigenvalue weighted by atomic mass is 10.1. The maximum Gasteiger partial charge on any atom is 0.129 e. The lowest BCUT2D eigenvalue weighted by Gasteiger charge is -2.01. The Morgan fingerprint density at radius 1 is 0.278 bits per heavy atom. The van der Waals surface area contributed by atoms with Gasteiger partial charge in [-0.2, -0.15) is 0 Å². The Labute approximate surface area is 425 Å². The highest BCUT2D eigenvalue weighted by Crippen LogP contribution is 2.19. The molecule has 8 heterocycles. The molecule has 8 aromatic heterocycles. The van der Waals surface area contributed by atoms with Crippen LogP contribution in [-0.2, 0) is 0 Å². The summed E-state index contributed by atoms with van der Waals surface area (Å²) in [5.74, 6) is 3.13. The molecule has 0 radical (unpaired) electrons. The number of aromatic nitrogens is 15. The molecule has 0 fully saturated rings. The summed E-state index contributed by atoms with van der Waals surface area (Å²) in [4.78, 5) is 59.1. The van der Waals surface area contributed by atoms with Gasteiger partial charge in [-0.25, -0.2) is 39.9 Å². The number of aryl methyl sites for hydroxylation is 12. The summed E-state index contributed by atoms with van der Waals surface area (Å²) in [6.45, 7) is 23.5. The summed E-state index contributed by atoms with van der Waals surface area (Å²) in [6, 6.07) is 32.6. The molecule has 0 aliphatic heterocycles. The zero-order chi connectivity index (χ0) is 52.4. The van der Waals surface area contributed by atoms with E-state index in [0.29, 0.717) is 0 Å². The first-order chi connectivity index (χ1) is 34.7. The van der Waals surface area contributed by atoms with Gasteiger partial charge in [0.15, 0.2) is 0 Å². The van der Waals surface area contributed by atoms with Crippen molar-refractivity contribution in [3.05, 3.63) is 246 Å². The van der Waals surface area contributed by atoms with Crippen LogP contribution in [0, 0.1) is 83.1 Å². The topological polar surface area (TPSA) is 193 Å². The van der Waals surface area contributed by atoms with Crippen LogP contribution in [0.5, 0.6) is 0 Å². The van der Waals surface area contributed by atoms with Crippen LogP contribution in [0.1, 0.15) is 68.5 Å². The highest BCUT2D eigenvalue weighted by atomic mass is 15.0. The predicted molar refractivity (Wildman–Crippen MR) is 286 cm³/mol. The molecular weight excluding hydrogens is 895 g/mol. The highest BCUT2D eigenvalue weighted by Gasteiger charge is 1.99. The molecule has 0 aliphatic carbocycles. The fourth-order valence-electron chi connectivity index (χ4n) is 5.67. The van der Waals surface area contributed by atoms with Gasteiger partial charge in [0.2, 0.25) is 0 Å². The van der Waals surface area contributed by atoms with Gasteiger partial charge in [0.1, 0.15) is 42.3 Å². The minimum Gasteiger partial charge on any atom is -0.264 e. The molecule has 0 N–H and O–H groups in total. The van der Waals surface area contributed by atoms with Crippen molar-refractivity contribution in [2.75, 3.05) is 0 Å². The molecule has 2 aromatic carbocycles. The van der Waals surface area contributed by atoms with E-state index in [1.165, 1.54) is 46.8 Å². The van der Waals surface area contributed by atoms with Crippen molar-refractivity contribution in [2.24, 2.45) is 0 Å². The van der Waals surface area contributed by atoms with Crippen molar-refractivity contribution in [1.29, 1.82) is 0 Å². The van der Waals surface area contributed by atoms with E-state index in [0.717, 1.165) is 63.0 Å². The SMILES string of the molecule is Cc1cccc(-c2ccccn2)c1.Cc1cccc(-c2cccnc2)c1.Cc1ccccn1.Cc1cncnc1.Cc1nc(C)c(C)nc1C.Cc1nc(C)nc(C)n1.Cc1ncncn1.c1cnccn1. The van der Waals surface area contributed by atoms with Crippen LogP contribution in [-0.4, -0.2) is 74.8 Å². The van der Waals surface area contributed by atoms with E-state index in [2.05, 4.69) is 143 Å². The van der Waals surface area contributed by atoms with E-state index in [-0.39, 0.29) is 0 Å². The van der Waals surface area contributed by atoms with E-state index >= 15 is 0 Å². The fraction of sp³-hybridized carbons (Fsp3) is 0.211. The van der Waals surface area contributed by atoms with Crippen molar-refractivity contribution >= 4 is 0 Å². The summed E-state index contributed by atoms with van der Waals surface area (Å²) in [6.07, 6.45) is 21.8. The summed E-state index contributed by atoms with van der Waals surface area (Å²) in [5.41, 5.74) is 13.5. The van der Waals surface area contributed by atoms with E-state index in [1.54, 1.807) is 49.6 Å². The molecule has 10 rings (SSSR count). The normalized spacial score (nSPS) is 9.39. The summed E-state index contributed by atoms with van der Waals surface area (Å²) >= 11 is 0. The Bertz CT molecular complexity index is 2670. The molecule has 0 unspecified atom stereocenters. The van der Waals surface area contributed by atoms with E-state index in [1.807, 2.05) is 124 Å². The van der Waals surface area contributed by atoms with Gasteiger partial charge in [0, 0.05) is 73.2 Å². The quantitative estimate of drug-likeness (QED) is 0.159. The Balaban J connectivity index is 0.000000221. The zero-order valence-corrected chi connectivity index (χ0v) is 43.5. The van der Waals surface area contributed by atoms with Crippen LogP contribution in [0.2, 0.25) is 0 Å². The lowest BCUT2D eigenvalue weighted by Crippen LogP contribution is -1.97. The largest absolute Gasteiger partial charge is 0.264 e. The molecule has 10 aromatic rings. The average molecular weight is 960 g/mol. The smallest absolute Gasteiger partial charge is 0.129 e. The molecule has 0 saturated heterocycles. The number of hydrogen-bond donors (Lipinski definition) is 0. The highest BCUT2D eigenvalue weighted by molar-refractivity contribution is 5.63. The maximum absolute atomic E-state index is 4.31. The summed E-state index contributed by atoms with van der Waals surface area (Å²) in [5, 5.41) is 0. The second-order valence-corrected chi connectivity index (χ2v) is 15.7. The fourth-order valence-corrected chi connectivity index (χ4v) is 5.67. The van der Waals surface area contributed by atoms with E-state index < -0.39 is 0 Å². The lowest BCUT2D eigenvalue weighted by molar-refractivity contribution is 0.875. The molecule has 0 spiro atoms. The van der Waals surface area contributed by atoms with Gasteiger partial charge in [-0.1, -0.05) is 71.8 Å². The van der Waals surface area contributed by atoms with Crippen LogP contribution in [0.3, 0.4) is 0 Å². The van der Waals surface area contributed by atoms with Gasteiger partial charge in [-0.15, -0.1) is 0 Å². The van der Waals surface area contributed by atoms with Crippen molar-refractivity contribution in [2.45, 2.75) is 83.1 Å². The number of nitrogens with zero attached hydrogens (tertiary/aromatic N) is 15. The van der Waals surface area contributed by atoms with Crippen LogP contribution < -0.4 is 0 Å². The molecule has 0 bridgehead atoms. The van der Waals surface area contributed by atoms with Gasteiger partial charge in [0.25, 0.3) is 0 Å². The monoisotopic (exact) mass is 960 g/mol. The molecule has 368 valence electrons. The molecule has 0 atom stereocenters. The number of hydrogen-bond acceptors (Lipinski definition) is 15. The van der Waals surface area contributed by atoms with Crippen LogP contribution in [0.4, 0.5) is 0 Å². The Morgan fingerprint density at radius 2 is 0.764 bits per heavy atom. The third-order valence-corrected chi connectivity index (χ3v) is 9.28. The molecule has 0 amide bonds. The summed E-state index contributed by atoms with van der Waals surface area (Å²) < 4.78 is 0. The first kappa shape index (κ1) is 57.5. The van der Waals surface area contributed by atoms with Crippen LogP contribution >= 0.6 is 0 Å². The molecule has 72 heavy (non-hydrogen) atoms. The third-order valence-electron chi connectivity index (χ3n) is 9.28. The molecule has 0 saturated carbocycles. The molecular formula is C57H65N15. The van der Waals surface area contributed by atoms with E-state index in [9.17, 15) is 0 Å². The van der Waals surface area contributed by atoms with Crippen LogP contribution in [0.15, 0.2) is 178 Å². The van der Waals surface area contributed by atoms with Crippen molar-refractivity contribution in [1.82, 2.24) is 74.8 Å². The average Bonchev–Trinajstić information content (AvgIpc) is 3.39. The Hall–Kier alpha value is -8.85. The van der Waals surface area contributed by atoms with Gasteiger partial charge in [-0.05, 0) is 136 Å². The molecule has 15 heteroatoms. The minimum atomic E-state index is 0.759. The Kier molecular flexibility index (Phi) is 26.8. The third kappa shape index (κ3) is 25.5. The van der Waals surface area contributed by atoms with Crippen molar-refractivity contribution in [3.63, 3.8) is 0 Å². The number of rotatable bonds is 2. The van der Waals surface area contributed by atoms with Crippen LogP contribution in [0.25, 0.3) is 22.4 Å². The van der Waals surface area contributed by atoms with Gasteiger partial charge < -0.3 is 0 Å². The van der Waals surface area contributed by atoms with Gasteiger partial charge in [0.05, 0.1) is 28.5 Å². The van der Waals surface area contributed by atoms with E-state index in [4.69, 9.17) is 0 Å². The predicted octanol–water partition coefficient (Wildman–Crippen LogP) is 11.5. The standard InChI is InChI=1S/2C12H11N.C8H12N2.C6H9N3.C6H7N.C5H6N2.C4H5N3.C4H4N2/c1-10-4-2-5-11(8-10)12-6-3-7-13-9-12;1-10-5-4-6-11(9-10)12-7-2-3-8-13-12;1-5-6(2)10-8(4)7(3)9-5;1-4-7-5(2)9-6(3)8-4;1-6-4-2-3-5-7-6;1-5-2-6-4-7-3-5;1-4-6-2-5-3-7-4;1-2-6-4-3-5-1/h2*2-9H,1H3;1-4H3;1-3H3;2-5H,1H3;2-4H,1H3;2-3H,1H3;1-4H. The summed E-state index contributed by atoms with van der Waals surface area (Å²) in [7, 11) is 0. The van der Waals surface area contributed by atoms with Crippen molar-refractivity contribution in [3.8, 4) is 22.4 Å². The van der Waals surface area contributed by atoms with Crippen molar-refractivity contribution < 1.29 is 0 Å². The molecule has 15 nitrogen and oxygen atoms in total. The number of benzene rings is 2. The first-order valence-electron chi connectivity index (χ1n) is 23.0. The number of pyridine rings is 3. The van der Waals surface area contributed by atoms with Gasteiger partial charge in [-0.3, -0.25) is 34.9 Å². The maximum atomic E-state index is 4.31. The molecule has 0 aliphatic rings. The zero-order valence-electron chi connectivity index (χ0n) is 43.5. The van der Waals surface area contributed by atoms with Gasteiger partial charge >= 0.3 is 0 Å². The second kappa shape index (κ2) is 33.6. The Morgan fingerprint density at radius 3 is 1.12 bits per heavy atom. The second-order valence-electron chi connectivity index (χ2n) is 15.7. The first-order valence-corrected chi connectivity index (χ1v) is 23.0. The minimum absolute atomic E-state index is 0.759.